The van der Waals surface area contributed by atoms with Crippen LogP contribution in [0.15, 0.2) is 41.4 Å². The highest BCUT2D eigenvalue weighted by atomic mass is 32.2. The van der Waals surface area contributed by atoms with Gasteiger partial charge in [0.05, 0.1) is 11.7 Å². The number of anilines is 2. The molecule has 1 atom stereocenters. The van der Waals surface area contributed by atoms with Crippen LogP contribution in [-0.4, -0.2) is 46.9 Å². The summed E-state index contributed by atoms with van der Waals surface area (Å²) in [5.74, 6) is 1.17. The second-order valence-corrected chi connectivity index (χ2v) is 9.18. The molecule has 0 bridgehead atoms. The number of nitrogens with zero attached hydrogens (tertiary/aromatic N) is 3. The summed E-state index contributed by atoms with van der Waals surface area (Å²) in [7, 11) is 0. The number of carbonyl (C=O) groups is 2. The zero-order chi connectivity index (χ0) is 21.6. The Labute approximate surface area is 187 Å². The van der Waals surface area contributed by atoms with Crippen molar-refractivity contribution in [2.75, 3.05) is 29.1 Å². The number of rotatable bonds is 8. The Morgan fingerprint density at radius 1 is 1.10 bits per heavy atom. The van der Waals surface area contributed by atoms with Crippen molar-refractivity contribution < 1.29 is 9.59 Å². The van der Waals surface area contributed by atoms with Crippen molar-refractivity contribution in [1.29, 1.82) is 0 Å². The molecule has 0 radical (unpaired) electrons. The maximum atomic E-state index is 12.4. The zero-order valence-corrected chi connectivity index (χ0v) is 18.7. The van der Waals surface area contributed by atoms with Crippen LogP contribution in [0.1, 0.15) is 38.2 Å². The van der Waals surface area contributed by atoms with E-state index in [0.29, 0.717) is 17.6 Å². The average molecular weight is 440 g/mol. The Morgan fingerprint density at radius 3 is 2.58 bits per heavy atom. The summed E-state index contributed by atoms with van der Waals surface area (Å²) >= 11 is 1.36. The first-order chi connectivity index (χ1) is 15.1. The van der Waals surface area contributed by atoms with Crippen LogP contribution >= 0.6 is 11.8 Å². The van der Waals surface area contributed by atoms with Crippen LogP contribution in [0.4, 0.5) is 11.5 Å². The summed E-state index contributed by atoms with van der Waals surface area (Å²) in [6.45, 7) is 3.67. The molecule has 7 nitrogen and oxygen atoms in total. The van der Waals surface area contributed by atoms with Gasteiger partial charge in [-0.25, -0.2) is 0 Å². The van der Waals surface area contributed by atoms with Crippen LogP contribution in [0.25, 0.3) is 0 Å². The lowest BCUT2D eigenvalue weighted by Gasteiger charge is -2.32. The fraction of sp³-hybridized carbons (Fsp3) is 0.478. The van der Waals surface area contributed by atoms with Crippen molar-refractivity contribution in [2.24, 2.45) is 5.92 Å². The molecule has 1 aromatic heterocycles. The zero-order valence-electron chi connectivity index (χ0n) is 17.8. The fourth-order valence-corrected chi connectivity index (χ4v) is 4.28. The van der Waals surface area contributed by atoms with Gasteiger partial charge in [-0.1, -0.05) is 30.8 Å². The third kappa shape index (κ3) is 6.19. The normalized spacial score (nSPS) is 18.5. The van der Waals surface area contributed by atoms with Crippen molar-refractivity contribution in [3.63, 3.8) is 0 Å². The van der Waals surface area contributed by atoms with Crippen molar-refractivity contribution in [3.05, 3.63) is 42.0 Å². The molecule has 2 fully saturated rings. The summed E-state index contributed by atoms with van der Waals surface area (Å²) in [6, 6.07) is 12.1. The fourth-order valence-electron chi connectivity index (χ4n) is 3.66. The summed E-state index contributed by atoms with van der Waals surface area (Å²) in [6.07, 6.45) is 5.09. The molecule has 4 rings (SSSR count). The predicted molar refractivity (Wildman–Crippen MR) is 123 cm³/mol. The Balaban J connectivity index is 1.25. The maximum absolute atomic E-state index is 12.4. The van der Waals surface area contributed by atoms with Crippen LogP contribution in [0.5, 0.6) is 0 Å². The third-order valence-corrected chi connectivity index (χ3v) is 6.58. The summed E-state index contributed by atoms with van der Waals surface area (Å²) in [5, 5.41) is 15.3. The summed E-state index contributed by atoms with van der Waals surface area (Å²) < 4.78 is 0. The molecule has 2 aliphatic rings. The maximum Gasteiger partial charge on any atom is 0.234 e. The van der Waals surface area contributed by atoms with Crippen LogP contribution in [0, 0.1) is 5.92 Å². The standard InChI is InChI=1S/C23H29N5O2S/c1-2-16-5-7-18(8-6-16)24-21(29)15-31-22-12-11-20(26-27-22)28-13-3-4-17(14-28)23(30)25-19-9-10-19/h5-8,11-12,17,19H,2-4,9-10,13-15H2,1H3,(H,24,29)(H,25,30). The van der Waals surface area contributed by atoms with Crippen LogP contribution in [0.3, 0.4) is 0 Å². The van der Waals surface area contributed by atoms with Crippen molar-refractivity contribution in [3.8, 4) is 0 Å². The van der Waals surface area contributed by atoms with Gasteiger partial charge in [0.1, 0.15) is 5.03 Å². The van der Waals surface area contributed by atoms with Gasteiger partial charge in [-0.05, 0) is 61.9 Å². The number of amides is 2. The molecule has 0 spiro atoms. The van der Waals surface area contributed by atoms with E-state index in [1.165, 1.54) is 17.3 Å². The van der Waals surface area contributed by atoms with Crippen molar-refractivity contribution in [2.45, 2.75) is 50.1 Å². The topological polar surface area (TPSA) is 87.2 Å². The number of hydrogen-bond donors (Lipinski definition) is 2. The first-order valence-corrected chi connectivity index (χ1v) is 12.0. The highest BCUT2D eigenvalue weighted by molar-refractivity contribution is 7.99. The number of hydrogen-bond acceptors (Lipinski definition) is 6. The number of piperidine rings is 1. The summed E-state index contributed by atoms with van der Waals surface area (Å²) in [5.41, 5.74) is 2.04. The van der Waals surface area contributed by atoms with E-state index in [4.69, 9.17) is 0 Å². The number of thioether (sulfide) groups is 1. The second kappa shape index (κ2) is 10.1. The van der Waals surface area contributed by atoms with Crippen molar-refractivity contribution in [1.82, 2.24) is 15.5 Å². The molecule has 1 unspecified atom stereocenters. The van der Waals surface area contributed by atoms with Gasteiger partial charge < -0.3 is 15.5 Å². The molecule has 164 valence electrons. The van der Waals surface area contributed by atoms with Crippen LogP contribution in [-0.2, 0) is 16.0 Å². The first kappa shape index (κ1) is 21.6. The van der Waals surface area contributed by atoms with Crippen LogP contribution < -0.4 is 15.5 Å². The quantitative estimate of drug-likeness (QED) is 0.614. The minimum atomic E-state index is -0.0688. The van der Waals surface area contributed by atoms with E-state index in [2.05, 4.69) is 32.7 Å². The van der Waals surface area contributed by atoms with E-state index in [1.54, 1.807) is 0 Å². The third-order valence-electron chi connectivity index (χ3n) is 5.66. The number of aromatic nitrogens is 2. The average Bonchev–Trinajstić information content (AvgIpc) is 3.63. The van der Waals surface area contributed by atoms with Crippen molar-refractivity contribution >= 4 is 35.1 Å². The smallest absolute Gasteiger partial charge is 0.234 e. The first-order valence-electron chi connectivity index (χ1n) is 11.0. The Bertz CT molecular complexity index is 899. The van der Waals surface area contributed by atoms with E-state index in [-0.39, 0.29) is 23.5 Å². The van der Waals surface area contributed by atoms with E-state index in [0.717, 1.165) is 50.2 Å². The molecule has 1 aliphatic carbocycles. The summed E-state index contributed by atoms with van der Waals surface area (Å²) in [4.78, 5) is 26.7. The van der Waals surface area contributed by atoms with Crippen LogP contribution in [0.2, 0.25) is 0 Å². The van der Waals surface area contributed by atoms with E-state index >= 15 is 0 Å². The lowest BCUT2D eigenvalue weighted by Crippen LogP contribution is -2.44. The predicted octanol–water partition coefficient (Wildman–Crippen LogP) is 3.26. The molecule has 2 amide bonds. The molecule has 2 heterocycles. The number of aryl methyl sites for hydroxylation is 1. The minimum absolute atomic E-state index is 0.0142. The van der Waals surface area contributed by atoms with E-state index in [1.807, 2.05) is 36.4 Å². The van der Waals surface area contributed by atoms with Gasteiger partial charge >= 0.3 is 0 Å². The SMILES string of the molecule is CCc1ccc(NC(=O)CSc2ccc(N3CCCC(C(=O)NC4CC4)C3)nn2)cc1. The molecule has 1 aromatic carbocycles. The molecule has 1 saturated heterocycles. The number of carbonyl (C=O) groups excluding carboxylic acids is 2. The molecule has 2 N–H and O–H groups in total. The van der Waals surface area contributed by atoms with Gasteiger partial charge in [0, 0.05) is 24.8 Å². The van der Waals surface area contributed by atoms with Gasteiger partial charge in [0.2, 0.25) is 11.8 Å². The van der Waals surface area contributed by atoms with Gasteiger partial charge in [0.25, 0.3) is 0 Å². The number of benzene rings is 1. The lowest BCUT2D eigenvalue weighted by atomic mass is 9.97. The highest BCUT2D eigenvalue weighted by Gasteiger charge is 2.30. The highest BCUT2D eigenvalue weighted by Crippen LogP contribution is 2.25. The number of nitrogens with one attached hydrogen (secondary N) is 2. The molecular formula is C23H29N5O2S. The van der Waals surface area contributed by atoms with Gasteiger partial charge in [-0.2, -0.15) is 0 Å². The Morgan fingerprint density at radius 2 is 1.90 bits per heavy atom. The Hall–Kier alpha value is -2.61. The van der Waals surface area contributed by atoms with Gasteiger partial charge in [-0.3, -0.25) is 9.59 Å². The monoisotopic (exact) mass is 439 g/mol. The molecular weight excluding hydrogens is 410 g/mol. The molecule has 8 heteroatoms. The second-order valence-electron chi connectivity index (χ2n) is 8.19. The Kier molecular flexibility index (Phi) is 7.06. The largest absolute Gasteiger partial charge is 0.354 e. The van der Waals surface area contributed by atoms with Gasteiger partial charge in [-0.15, -0.1) is 10.2 Å². The lowest BCUT2D eigenvalue weighted by molar-refractivity contribution is -0.125. The molecule has 31 heavy (non-hydrogen) atoms. The van der Waals surface area contributed by atoms with E-state index < -0.39 is 0 Å². The minimum Gasteiger partial charge on any atom is -0.354 e. The molecule has 2 aromatic rings. The van der Waals surface area contributed by atoms with E-state index in [9.17, 15) is 9.59 Å². The molecule has 1 saturated carbocycles. The molecule has 1 aliphatic heterocycles. The van der Waals surface area contributed by atoms with Gasteiger partial charge in [0.15, 0.2) is 5.82 Å².